The van der Waals surface area contributed by atoms with E-state index in [0.29, 0.717) is 5.88 Å². The molecule has 13 heavy (non-hydrogen) atoms. The van der Waals surface area contributed by atoms with Crippen molar-refractivity contribution in [3.05, 3.63) is 0 Å². The Morgan fingerprint density at radius 1 is 1.62 bits per heavy atom. The zero-order chi connectivity index (χ0) is 9.52. The molecule has 4 heteroatoms. The molecule has 1 saturated heterocycles. The highest BCUT2D eigenvalue weighted by molar-refractivity contribution is 7.99. The fourth-order valence-electron chi connectivity index (χ4n) is 1.41. The van der Waals surface area contributed by atoms with Crippen molar-refractivity contribution in [3.63, 3.8) is 0 Å². The standard InChI is InChI=1S/C9H18ClNOS/c1-2-13-6-4-11-3-5-12-9(7-10)8-11/h9H,2-8H2,1H3. The third-order valence-corrected chi connectivity index (χ3v) is 3.37. The predicted molar refractivity (Wildman–Crippen MR) is 59.9 cm³/mol. The van der Waals surface area contributed by atoms with E-state index in [0.717, 1.165) is 19.7 Å². The van der Waals surface area contributed by atoms with Gasteiger partial charge in [-0.25, -0.2) is 0 Å². The Morgan fingerprint density at radius 2 is 2.46 bits per heavy atom. The highest BCUT2D eigenvalue weighted by Crippen LogP contribution is 2.08. The largest absolute Gasteiger partial charge is 0.374 e. The van der Waals surface area contributed by atoms with Crippen LogP contribution in [-0.2, 0) is 4.74 Å². The lowest BCUT2D eigenvalue weighted by molar-refractivity contribution is -0.0140. The number of alkyl halides is 1. The molecule has 1 atom stereocenters. The Morgan fingerprint density at radius 3 is 3.15 bits per heavy atom. The molecule has 0 bridgehead atoms. The van der Waals surface area contributed by atoms with E-state index < -0.39 is 0 Å². The van der Waals surface area contributed by atoms with Crippen LogP contribution in [0.4, 0.5) is 0 Å². The van der Waals surface area contributed by atoms with E-state index in [1.165, 1.54) is 18.1 Å². The van der Waals surface area contributed by atoms with Crippen LogP contribution in [0, 0.1) is 0 Å². The normalized spacial score (nSPS) is 24.9. The minimum Gasteiger partial charge on any atom is -0.374 e. The topological polar surface area (TPSA) is 12.5 Å². The van der Waals surface area contributed by atoms with Crippen LogP contribution in [0.5, 0.6) is 0 Å². The molecular formula is C9H18ClNOS. The van der Waals surface area contributed by atoms with Crippen LogP contribution in [0.3, 0.4) is 0 Å². The summed E-state index contributed by atoms with van der Waals surface area (Å²) in [6.07, 6.45) is 0.252. The second-order valence-electron chi connectivity index (χ2n) is 3.14. The summed E-state index contributed by atoms with van der Waals surface area (Å²) >= 11 is 7.75. The number of nitrogens with zero attached hydrogens (tertiary/aromatic N) is 1. The van der Waals surface area contributed by atoms with Gasteiger partial charge in [0.25, 0.3) is 0 Å². The minimum atomic E-state index is 0.252. The highest BCUT2D eigenvalue weighted by atomic mass is 35.5. The molecule has 2 nitrogen and oxygen atoms in total. The molecule has 0 spiro atoms. The number of ether oxygens (including phenoxy) is 1. The van der Waals surface area contributed by atoms with Gasteiger partial charge in [0, 0.05) is 31.3 Å². The SMILES string of the molecule is CCSCCN1CCOC(CCl)C1. The van der Waals surface area contributed by atoms with E-state index in [4.69, 9.17) is 16.3 Å². The molecule has 1 heterocycles. The molecular weight excluding hydrogens is 206 g/mol. The van der Waals surface area contributed by atoms with Crippen LogP contribution in [0.1, 0.15) is 6.92 Å². The summed E-state index contributed by atoms with van der Waals surface area (Å²) in [5.74, 6) is 3.06. The van der Waals surface area contributed by atoms with Crippen molar-refractivity contribution in [1.82, 2.24) is 4.90 Å². The summed E-state index contributed by atoms with van der Waals surface area (Å²) in [5, 5.41) is 0. The monoisotopic (exact) mass is 223 g/mol. The molecule has 0 amide bonds. The van der Waals surface area contributed by atoms with Crippen molar-refractivity contribution in [2.24, 2.45) is 0 Å². The summed E-state index contributed by atoms with van der Waals surface area (Å²) in [6.45, 7) is 6.29. The third-order valence-electron chi connectivity index (χ3n) is 2.15. The molecule has 0 radical (unpaired) electrons. The maximum atomic E-state index is 5.75. The maximum absolute atomic E-state index is 5.75. The molecule has 1 aliphatic heterocycles. The van der Waals surface area contributed by atoms with E-state index in [1.807, 2.05) is 11.8 Å². The number of halogens is 1. The van der Waals surface area contributed by atoms with E-state index >= 15 is 0 Å². The number of rotatable bonds is 5. The molecule has 1 rings (SSSR count). The lowest BCUT2D eigenvalue weighted by Crippen LogP contribution is -2.44. The number of morpholine rings is 1. The van der Waals surface area contributed by atoms with Crippen LogP contribution in [0.2, 0.25) is 0 Å². The van der Waals surface area contributed by atoms with Gasteiger partial charge in [-0.05, 0) is 5.75 Å². The average molecular weight is 224 g/mol. The number of hydrogen-bond donors (Lipinski definition) is 0. The molecule has 1 aliphatic rings. The third kappa shape index (κ3) is 4.54. The Kier molecular flexibility index (Phi) is 6.20. The first-order valence-electron chi connectivity index (χ1n) is 4.84. The summed E-state index contributed by atoms with van der Waals surface area (Å²) in [4.78, 5) is 2.44. The van der Waals surface area contributed by atoms with Crippen molar-refractivity contribution >= 4 is 23.4 Å². The Bertz CT molecular complexity index is 137. The van der Waals surface area contributed by atoms with E-state index in [9.17, 15) is 0 Å². The molecule has 0 aromatic rings. The molecule has 78 valence electrons. The molecule has 0 aromatic heterocycles. The fraction of sp³-hybridized carbons (Fsp3) is 1.00. The van der Waals surface area contributed by atoms with Crippen LogP contribution in [0.25, 0.3) is 0 Å². The van der Waals surface area contributed by atoms with Gasteiger partial charge in [0.15, 0.2) is 0 Å². The van der Waals surface area contributed by atoms with E-state index in [2.05, 4.69) is 11.8 Å². The van der Waals surface area contributed by atoms with Crippen LogP contribution in [0.15, 0.2) is 0 Å². The van der Waals surface area contributed by atoms with Crippen molar-refractivity contribution in [2.75, 3.05) is 43.6 Å². The van der Waals surface area contributed by atoms with Crippen LogP contribution in [-0.4, -0.2) is 54.6 Å². The average Bonchev–Trinajstić information content (AvgIpc) is 2.19. The number of thioether (sulfide) groups is 1. The van der Waals surface area contributed by atoms with Gasteiger partial charge in [0.1, 0.15) is 0 Å². The van der Waals surface area contributed by atoms with E-state index in [-0.39, 0.29) is 6.10 Å². The van der Waals surface area contributed by atoms with Crippen molar-refractivity contribution < 1.29 is 4.74 Å². The predicted octanol–water partition coefficient (Wildman–Crippen LogP) is 1.68. The number of hydrogen-bond acceptors (Lipinski definition) is 3. The Labute approximate surface area is 90.0 Å². The lowest BCUT2D eigenvalue weighted by Gasteiger charge is -2.31. The first-order valence-corrected chi connectivity index (χ1v) is 6.53. The van der Waals surface area contributed by atoms with Crippen molar-refractivity contribution in [2.45, 2.75) is 13.0 Å². The second kappa shape index (κ2) is 6.93. The van der Waals surface area contributed by atoms with Crippen LogP contribution >= 0.6 is 23.4 Å². The molecule has 0 saturated carbocycles. The fourth-order valence-corrected chi connectivity index (χ4v) is 2.28. The zero-order valence-corrected chi connectivity index (χ0v) is 9.74. The van der Waals surface area contributed by atoms with E-state index in [1.54, 1.807) is 0 Å². The summed E-state index contributed by atoms with van der Waals surface area (Å²) < 4.78 is 5.48. The van der Waals surface area contributed by atoms with Gasteiger partial charge in [-0.2, -0.15) is 11.8 Å². The van der Waals surface area contributed by atoms with Crippen molar-refractivity contribution in [1.29, 1.82) is 0 Å². The smallest absolute Gasteiger partial charge is 0.0837 e. The summed E-state index contributed by atoms with van der Waals surface area (Å²) in [6, 6.07) is 0. The quantitative estimate of drug-likeness (QED) is 0.520. The Balaban J connectivity index is 2.11. The summed E-state index contributed by atoms with van der Waals surface area (Å²) in [7, 11) is 0. The van der Waals surface area contributed by atoms with Gasteiger partial charge >= 0.3 is 0 Å². The minimum absolute atomic E-state index is 0.252. The molecule has 1 unspecified atom stereocenters. The van der Waals surface area contributed by atoms with Gasteiger partial charge in [0.2, 0.25) is 0 Å². The molecule has 0 aliphatic carbocycles. The van der Waals surface area contributed by atoms with Gasteiger partial charge in [0.05, 0.1) is 12.7 Å². The lowest BCUT2D eigenvalue weighted by atomic mass is 10.3. The van der Waals surface area contributed by atoms with Gasteiger partial charge in [-0.15, -0.1) is 11.6 Å². The van der Waals surface area contributed by atoms with Gasteiger partial charge in [-0.3, -0.25) is 4.90 Å². The van der Waals surface area contributed by atoms with Crippen LogP contribution < -0.4 is 0 Å². The van der Waals surface area contributed by atoms with Gasteiger partial charge < -0.3 is 4.74 Å². The Hall–Kier alpha value is 0.560. The highest BCUT2D eigenvalue weighted by Gasteiger charge is 2.18. The molecule has 0 aromatic carbocycles. The zero-order valence-electron chi connectivity index (χ0n) is 8.17. The summed E-state index contributed by atoms with van der Waals surface area (Å²) in [5.41, 5.74) is 0. The van der Waals surface area contributed by atoms with Gasteiger partial charge in [-0.1, -0.05) is 6.92 Å². The second-order valence-corrected chi connectivity index (χ2v) is 4.85. The van der Waals surface area contributed by atoms with Crippen molar-refractivity contribution in [3.8, 4) is 0 Å². The first-order chi connectivity index (χ1) is 6.36. The maximum Gasteiger partial charge on any atom is 0.0837 e. The molecule has 1 fully saturated rings. The molecule has 0 N–H and O–H groups in total. The first kappa shape index (κ1) is 11.6.